The van der Waals surface area contributed by atoms with Crippen molar-refractivity contribution in [2.24, 2.45) is 0 Å². The summed E-state index contributed by atoms with van der Waals surface area (Å²) in [6.45, 7) is 7.55. The van der Waals surface area contributed by atoms with Gasteiger partial charge >= 0.3 is 0 Å². The van der Waals surface area contributed by atoms with Crippen LogP contribution < -0.4 is 0 Å². The zero-order valence-corrected chi connectivity index (χ0v) is 15.1. The van der Waals surface area contributed by atoms with Gasteiger partial charge in [-0.05, 0) is 49.6 Å². The molecule has 0 amide bonds. The SMILES string of the molecule is CO[C@H]1C[C@H](c2nnc(C)o2)N(Cc2cc3cc(C)c(C)cc3o2)C1. The minimum Gasteiger partial charge on any atom is -0.460 e. The summed E-state index contributed by atoms with van der Waals surface area (Å²) in [5, 5.41) is 9.32. The monoisotopic (exact) mass is 341 g/mol. The Morgan fingerprint density at radius 3 is 2.64 bits per heavy atom. The van der Waals surface area contributed by atoms with Gasteiger partial charge in [0.15, 0.2) is 0 Å². The molecule has 1 saturated heterocycles. The molecule has 2 aromatic heterocycles. The van der Waals surface area contributed by atoms with Crippen molar-refractivity contribution in [2.75, 3.05) is 13.7 Å². The predicted molar refractivity (Wildman–Crippen MR) is 93.3 cm³/mol. The largest absolute Gasteiger partial charge is 0.460 e. The first kappa shape index (κ1) is 16.3. The topological polar surface area (TPSA) is 64.5 Å². The molecule has 4 rings (SSSR count). The highest BCUT2D eigenvalue weighted by Crippen LogP contribution is 2.34. The molecular formula is C19H23N3O3. The van der Waals surface area contributed by atoms with Crippen LogP contribution in [-0.4, -0.2) is 34.9 Å². The van der Waals surface area contributed by atoms with E-state index in [0.29, 0.717) is 18.3 Å². The third-order valence-electron chi connectivity index (χ3n) is 5.07. The maximum absolute atomic E-state index is 6.07. The van der Waals surface area contributed by atoms with Crippen LogP contribution in [0.4, 0.5) is 0 Å². The van der Waals surface area contributed by atoms with E-state index in [4.69, 9.17) is 13.6 Å². The zero-order valence-electron chi connectivity index (χ0n) is 15.1. The Morgan fingerprint density at radius 2 is 1.92 bits per heavy atom. The van der Waals surface area contributed by atoms with Gasteiger partial charge in [-0.25, -0.2) is 0 Å². The molecule has 0 spiro atoms. The third kappa shape index (κ3) is 3.07. The van der Waals surface area contributed by atoms with Gasteiger partial charge in [0.25, 0.3) is 0 Å². The van der Waals surface area contributed by atoms with Gasteiger partial charge in [0.1, 0.15) is 11.3 Å². The zero-order chi connectivity index (χ0) is 17.6. The van der Waals surface area contributed by atoms with Gasteiger partial charge < -0.3 is 13.6 Å². The van der Waals surface area contributed by atoms with E-state index in [9.17, 15) is 0 Å². The maximum Gasteiger partial charge on any atom is 0.233 e. The second-order valence-electron chi connectivity index (χ2n) is 6.88. The number of ether oxygens (including phenoxy) is 1. The fourth-order valence-electron chi connectivity index (χ4n) is 3.55. The Bertz CT molecular complexity index is 860. The van der Waals surface area contributed by atoms with Crippen LogP contribution in [0.5, 0.6) is 0 Å². The molecule has 25 heavy (non-hydrogen) atoms. The number of methoxy groups -OCH3 is 1. The van der Waals surface area contributed by atoms with Crippen molar-refractivity contribution in [1.29, 1.82) is 0 Å². The van der Waals surface area contributed by atoms with Crippen LogP contribution in [0.2, 0.25) is 0 Å². The Morgan fingerprint density at radius 1 is 1.12 bits per heavy atom. The van der Waals surface area contributed by atoms with Crippen molar-refractivity contribution in [3.05, 3.63) is 46.9 Å². The fraction of sp³-hybridized carbons (Fsp3) is 0.474. The summed E-state index contributed by atoms with van der Waals surface area (Å²) in [4.78, 5) is 2.29. The van der Waals surface area contributed by atoms with Gasteiger partial charge in [-0.2, -0.15) is 0 Å². The summed E-state index contributed by atoms with van der Waals surface area (Å²) in [7, 11) is 1.75. The van der Waals surface area contributed by atoms with E-state index in [1.165, 1.54) is 11.1 Å². The first-order valence-corrected chi connectivity index (χ1v) is 8.60. The molecule has 0 radical (unpaired) electrons. The second kappa shape index (κ2) is 6.28. The minimum absolute atomic E-state index is 0.0582. The highest BCUT2D eigenvalue weighted by atomic mass is 16.5. The summed E-state index contributed by atoms with van der Waals surface area (Å²) in [5.41, 5.74) is 3.46. The Kier molecular flexibility index (Phi) is 4.09. The lowest BCUT2D eigenvalue weighted by atomic mass is 10.1. The number of hydrogen-bond acceptors (Lipinski definition) is 6. The Hall–Kier alpha value is -2.18. The average molecular weight is 341 g/mol. The first-order valence-electron chi connectivity index (χ1n) is 8.60. The summed E-state index contributed by atoms with van der Waals surface area (Å²) >= 11 is 0. The molecule has 6 heteroatoms. The van der Waals surface area contributed by atoms with Crippen molar-refractivity contribution >= 4 is 11.0 Å². The van der Waals surface area contributed by atoms with E-state index in [1.807, 2.05) is 6.92 Å². The molecular weight excluding hydrogens is 318 g/mol. The first-order chi connectivity index (χ1) is 12.0. The molecule has 2 atom stereocenters. The number of nitrogens with zero attached hydrogens (tertiary/aromatic N) is 3. The predicted octanol–water partition coefficient (Wildman–Crippen LogP) is 3.70. The lowest BCUT2D eigenvalue weighted by Crippen LogP contribution is -2.24. The molecule has 1 aliphatic heterocycles. The van der Waals surface area contributed by atoms with Gasteiger partial charge in [-0.1, -0.05) is 0 Å². The van der Waals surface area contributed by atoms with Gasteiger partial charge in [-0.15, -0.1) is 10.2 Å². The fourth-order valence-corrected chi connectivity index (χ4v) is 3.55. The van der Waals surface area contributed by atoms with E-state index in [2.05, 4.69) is 47.1 Å². The molecule has 1 fully saturated rings. The van der Waals surface area contributed by atoms with E-state index in [0.717, 1.165) is 29.7 Å². The van der Waals surface area contributed by atoms with Crippen LogP contribution in [-0.2, 0) is 11.3 Å². The van der Waals surface area contributed by atoms with E-state index >= 15 is 0 Å². The van der Waals surface area contributed by atoms with E-state index in [-0.39, 0.29) is 12.1 Å². The number of benzene rings is 1. The molecule has 3 heterocycles. The molecule has 132 valence electrons. The number of aryl methyl sites for hydroxylation is 3. The normalized spacial score (nSPS) is 21.4. The van der Waals surface area contributed by atoms with Gasteiger partial charge in [0, 0.05) is 26.0 Å². The number of furan rings is 1. The van der Waals surface area contributed by atoms with Crippen LogP contribution in [0.3, 0.4) is 0 Å². The van der Waals surface area contributed by atoms with Crippen molar-refractivity contribution in [2.45, 2.75) is 45.9 Å². The summed E-state index contributed by atoms with van der Waals surface area (Å²) in [6.07, 6.45) is 1.00. The Labute approximate surface area is 146 Å². The summed E-state index contributed by atoms with van der Waals surface area (Å²) < 4.78 is 17.3. The molecule has 0 aliphatic carbocycles. The highest BCUT2D eigenvalue weighted by molar-refractivity contribution is 5.79. The molecule has 3 aromatic rings. The number of aromatic nitrogens is 2. The van der Waals surface area contributed by atoms with Crippen LogP contribution in [0.1, 0.15) is 41.1 Å². The lowest BCUT2D eigenvalue weighted by molar-refractivity contribution is 0.106. The van der Waals surface area contributed by atoms with Crippen molar-refractivity contribution in [1.82, 2.24) is 15.1 Å². The minimum atomic E-state index is 0.0582. The average Bonchev–Trinajstić information content (AvgIpc) is 3.26. The number of likely N-dealkylation sites (tertiary alicyclic amines) is 1. The van der Waals surface area contributed by atoms with E-state index < -0.39 is 0 Å². The molecule has 6 nitrogen and oxygen atoms in total. The molecule has 1 aromatic carbocycles. The molecule has 0 N–H and O–H groups in total. The third-order valence-corrected chi connectivity index (χ3v) is 5.07. The van der Waals surface area contributed by atoms with Crippen LogP contribution in [0, 0.1) is 20.8 Å². The van der Waals surface area contributed by atoms with Crippen LogP contribution >= 0.6 is 0 Å². The van der Waals surface area contributed by atoms with Gasteiger partial charge in [0.05, 0.1) is 18.7 Å². The smallest absolute Gasteiger partial charge is 0.233 e. The van der Waals surface area contributed by atoms with Gasteiger partial charge in [0.2, 0.25) is 11.8 Å². The molecule has 0 unspecified atom stereocenters. The Balaban J connectivity index is 1.61. The second-order valence-corrected chi connectivity index (χ2v) is 6.88. The van der Waals surface area contributed by atoms with Crippen LogP contribution in [0.25, 0.3) is 11.0 Å². The standard InChI is InChI=1S/C19H23N3O3/c1-11-5-14-7-16(25-18(14)6-12(11)2)10-22-9-15(23-4)8-17(22)19-21-20-13(3)24-19/h5-7,15,17H,8-10H2,1-4H3/t15-,17+/m0/s1. The maximum atomic E-state index is 6.07. The molecule has 1 aliphatic rings. The lowest BCUT2D eigenvalue weighted by Gasteiger charge is -2.19. The quantitative estimate of drug-likeness (QED) is 0.721. The van der Waals surface area contributed by atoms with Crippen molar-refractivity contribution < 1.29 is 13.6 Å². The molecule has 0 bridgehead atoms. The molecule has 0 saturated carbocycles. The van der Waals surface area contributed by atoms with Gasteiger partial charge in [-0.3, -0.25) is 4.90 Å². The summed E-state index contributed by atoms with van der Waals surface area (Å²) in [5.74, 6) is 2.18. The van der Waals surface area contributed by atoms with Crippen molar-refractivity contribution in [3.63, 3.8) is 0 Å². The number of rotatable bonds is 4. The highest BCUT2D eigenvalue weighted by Gasteiger charge is 2.37. The van der Waals surface area contributed by atoms with E-state index in [1.54, 1.807) is 7.11 Å². The van der Waals surface area contributed by atoms with Crippen molar-refractivity contribution in [3.8, 4) is 0 Å². The number of hydrogen-bond donors (Lipinski definition) is 0. The number of fused-ring (bicyclic) bond motifs is 1. The van der Waals surface area contributed by atoms with Crippen LogP contribution in [0.15, 0.2) is 27.0 Å². The summed E-state index contributed by atoms with van der Waals surface area (Å²) in [6, 6.07) is 6.47.